The third kappa shape index (κ3) is 3.66. The molecular weight excluding hydrogens is 214 g/mol. The summed E-state index contributed by atoms with van der Waals surface area (Å²) < 4.78 is 5.66. The molecule has 4 heteroatoms. The van der Waals surface area contributed by atoms with Gasteiger partial charge in [0.05, 0.1) is 0 Å². The molecule has 96 valence electrons. The van der Waals surface area contributed by atoms with Crippen LogP contribution in [0.2, 0.25) is 0 Å². The lowest BCUT2D eigenvalue weighted by molar-refractivity contribution is 0.0534. The molecule has 0 fully saturated rings. The van der Waals surface area contributed by atoms with Gasteiger partial charge in [0, 0.05) is 25.4 Å². The van der Waals surface area contributed by atoms with Crippen LogP contribution in [-0.2, 0) is 4.74 Å². The maximum atomic E-state index is 5.66. The van der Waals surface area contributed by atoms with E-state index < -0.39 is 0 Å². The van der Waals surface area contributed by atoms with Crippen LogP contribution < -0.4 is 5.32 Å². The van der Waals surface area contributed by atoms with Gasteiger partial charge >= 0.3 is 0 Å². The number of nitrogens with one attached hydrogen (secondary N) is 1. The van der Waals surface area contributed by atoms with Crippen molar-refractivity contribution < 1.29 is 4.74 Å². The Morgan fingerprint density at radius 3 is 2.47 bits per heavy atom. The first kappa shape index (κ1) is 13.9. The van der Waals surface area contributed by atoms with Crippen LogP contribution in [0.4, 0.5) is 5.82 Å². The number of hydrogen-bond donors (Lipinski definition) is 1. The number of anilines is 1. The molecule has 0 aliphatic rings. The molecule has 0 aromatic carbocycles. The number of nitrogens with zero attached hydrogens (tertiary/aromatic N) is 2. The molecule has 1 aromatic heterocycles. The van der Waals surface area contributed by atoms with Crippen LogP contribution in [0.25, 0.3) is 0 Å². The van der Waals surface area contributed by atoms with E-state index in [9.17, 15) is 0 Å². The predicted molar refractivity (Wildman–Crippen MR) is 70.3 cm³/mol. The average Bonchev–Trinajstić information content (AvgIpc) is 2.35. The van der Waals surface area contributed by atoms with Crippen molar-refractivity contribution in [3.8, 4) is 0 Å². The number of ether oxygens (including phenoxy) is 1. The highest BCUT2D eigenvalue weighted by atomic mass is 16.5. The van der Waals surface area contributed by atoms with Crippen molar-refractivity contribution in [2.75, 3.05) is 19.0 Å². The summed E-state index contributed by atoms with van der Waals surface area (Å²) in [6, 6.07) is 1.99. The summed E-state index contributed by atoms with van der Waals surface area (Å²) in [7, 11) is 1.87. The fraction of sp³-hybridized carbons (Fsp3) is 0.692. The minimum absolute atomic E-state index is 0.00852. The molecule has 1 N–H and O–H groups in total. The molecule has 0 saturated carbocycles. The summed E-state index contributed by atoms with van der Waals surface area (Å²) in [6.07, 6.45) is 0.879. The summed E-state index contributed by atoms with van der Waals surface area (Å²) in [4.78, 5) is 9.07. The molecule has 1 atom stereocenters. The topological polar surface area (TPSA) is 47.0 Å². The highest BCUT2D eigenvalue weighted by Gasteiger charge is 2.15. The van der Waals surface area contributed by atoms with E-state index in [1.807, 2.05) is 20.0 Å². The monoisotopic (exact) mass is 237 g/mol. The van der Waals surface area contributed by atoms with Crippen LogP contribution >= 0.6 is 0 Å². The van der Waals surface area contributed by atoms with E-state index in [4.69, 9.17) is 4.74 Å². The zero-order valence-corrected chi connectivity index (χ0v) is 11.4. The van der Waals surface area contributed by atoms with Gasteiger partial charge in [-0.05, 0) is 19.3 Å². The second-order valence-corrected chi connectivity index (χ2v) is 4.29. The van der Waals surface area contributed by atoms with Gasteiger partial charge < -0.3 is 10.1 Å². The van der Waals surface area contributed by atoms with Gasteiger partial charge in [-0.3, -0.25) is 0 Å². The molecule has 4 nitrogen and oxygen atoms in total. The molecule has 0 aliphatic heterocycles. The van der Waals surface area contributed by atoms with E-state index in [0.29, 0.717) is 12.5 Å². The number of rotatable bonds is 6. The fourth-order valence-corrected chi connectivity index (χ4v) is 1.63. The largest absolute Gasteiger partial charge is 0.373 e. The fourth-order valence-electron chi connectivity index (χ4n) is 1.63. The summed E-state index contributed by atoms with van der Waals surface area (Å²) >= 11 is 0. The Balaban J connectivity index is 3.08. The normalized spacial score (nSPS) is 12.8. The SMILES string of the molecule is CCOC(CC)c1nc(NC)cc(C(C)C)n1. The Morgan fingerprint density at radius 1 is 1.29 bits per heavy atom. The van der Waals surface area contributed by atoms with Crippen molar-refractivity contribution in [2.45, 2.75) is 46.1 Å². The molecule has 0 radical (unpaired) electrons. The highest BCUT2D eigenvalue weighted by molar-refractivity contribution is 5.36. The van der Waals surface area contributed by atoms with Crippen LogP contribution in [0.5, 0.6) is 0 Å². The minimum atomic E-state index is -0.00852. The van der Waals surface area contributed by atoms with Crippen LogP contribution in [0, 0.1) is 0 Å². The van der Waals surface area contributed by atoms with Crippen molar-refractivity contribution in [1.82, 2.24) is 9.97 Å². The van der Waals surface area contributed by atoms with E-state index in [-0.39, 0.29) is 6.10 Å². The average molecular weight is 237 g/mol. The summed E-state index contributed by atoms with van der Waals surface area (Å²) in [5.41, 5.74) is 1.05. The van der Waals surface area contributed by atoms with Gasteiger partial charge in [-0.2, -0.15) is 0 Å². The molecule has 0 spiro atoms. The van der Waals surface area contributed by atoms with E-state index in [1.54, 1.807) is 0 Å². The first-order valence-corrected chi connectivity index (χ1v) is 6.30. The van der Waals surface area contributed by atoms with E-state index >= 15 is 0 Å². The first-order chi connectivity index (χ1) is 8.12. The molecule has 0 aliphatic carbocycles. The molecular formula is C13H23N3O. The van der Waals surface area contributed by atoms with Gasteiger partial charge in [-0.25, -0.2) is 9.97 Å². The van der Waals surface area contributed by atoms with E-state index in [2.05, 4.69) is 36.1 Å². The summed E-state index contributed by atoms with van der Waals surface area (Å²) in [5.74, 6) is 2.03. The first-order valence-electron chi connectivity index (χ1n) is 6.30. The molecule has 1 rings (SSSR count). The molecule has 0 saturated heterocycles. The van der Waals surface area contributed by atoms with Gasteiger partial charge in [-0.1, -0.05) is 20.8 Å². The number of hydrogen-bond acceptors (Lipinski definition) is 4. The van der Waals surface area contributed by atoms with Gasteiger partial charge in [0.15, 0.2) is 5.82 Å². The van der Waals surface area contributed by atoms with Crippen molar-refractivity contribution >= 4 is 5.82 Å². The molecule has 0 bridgehead atoms. The molecule has 1 heterocycles. The van der Waals surface area contributed by atoms with Gasteiger partial charge in [0.25, 0.3) is 0 Å². The number of aromatic nitrogens is 2. The van der Waals surface area contributed by atoms with Crippen LogP contribution in [-0.4, -0.2) is 23.6 Å². The summed E-state index contributed by atoms with van der Waals surface area (Å²) in [5, 5.41) is 3.08. The third-order valence-electron chi connectivity index (χ3n) is 2.64. The second-order valence-electron chi connectivity index (χ2n) is 4.29. The Morgan fingerprint density at radius 2 is 2.00 bits per heavy atom. The van der Waals surface area contributed by atoms with E-state index in [1.165, 1.54) is 0 Å². The highest BCUT2D eigenvalue weighted by Crippen LogP contribution is 2.22. The van der Waals surface area contributed by atoms with Gasteiger partial charge in [0.2, 0.25) is 0 Å². The maximum Gasteiger partial charge on any atom is 0.159 e. The maximum absolute atomic E-state index is 5.66. The Bertz CT molecular complexity index is 353. The predicted octanol–water partition coefficient (Wildman–Crippen LogP) is 3.13. The van der Waals surface area contributed by atoms with Crippen LogP contribution in [0.1, 0.15) is 57.7 Å². The van der Waals surface area contributed by atoms with Crippen molar-refractivity contribution in [1.29, 1.82) is 0 Å². The second kappa shape index (κ2) is 6.55. The Hall–Kier alpha value is -1.16. The van der Waals surface area contributed by atoms with Crippen molar-refractivity contribution in [3.05, 3.63) is 17.6 Å². The van der Waals surface area contributed by atoms with Gasteiger partial charge in [-0.15, -0.1) is 0 Å². The molecule has 1 unspecified atom stereocenters. The molecule has 17 heavy (non-hydrogen) atoms. The lowest BCUT2D eigenvalue weighted by Crippen LogP contribution is -2.11. The Labute approximate surface area is 104 Å². The molecule has 0 amide bonds. The third-order valence-corrected chi connectivity index (χ3v) is 2.64. The smallest absolute Gasteiger partial charge is 0.159 e. The Kier molecular flexibility index (Phi) is 5.35. The van der Waals surface area contributed by atoms with Gasteiger partial charge in [0.1, 0.15) is 11.9 Å². The zero-order valence-electron chi connectivity index (χ0n) is 11.4. The zero-order chi connectivity index (χ0) is 12.8. The standard InChI is InChI=1S/C13H23N3O/c1-6-11(17-7-2)13-15-10(9(3)4)8-12(14-5)16-13/h8-9,11H,6-7H2,1-5H3,(H,14,15,16). The minimum Gasteiger partial charge on any atom is -0.373 e. The molecule has 1 aromatic rings. The van der Waals surface area contributed by atoms with Crippen molar-refractivity contribution in [2.24, 2.45) is 0 Å². The summed E-state index contributed by atoms with van der Waals surface area (Å²) in [6.45, 7) is 9.03. The lowest BCUT2D eigenvalue weighted by atomic mass is 10.1. The lowest BCUT2D eigenvalue weighted by Gasteiger charge is -2.16. The quantitative estimate of drug-likeness (QED) is 0.825. The van der Waals surface area contributed by atoms with Crippen molar-refractivity contribution in [3.63, 3.8) is 0 Å². The van der Waals surface area contributed by atoms with Crippen LogP contribution in [0.3, 0.4) is 0 Å². The van der Waals surface area contributed by atoms with Crippen LogP contribution in [0.15, 0.2) is 6.07 Å². The van der Waals surface area contributed by atoms with E-state index in [0.717, 1.165) is 23.8 Å².